The highest BCUT2D eigenvalue weighted by molar-refractivity contribution is 7.85. The van der Waals surface area contributed by atoms with Crippen LogP contribution < -0.4 is 0 Å². The Balaban J connectivity index is 3.19. The van der Waals surface area contributed by atoms with Crippen molar-refractivity contribution >= 4 is 10.1 Å². The van der Waals surface area contributed by atoms with Crippen molar-refractivity contribution in [2.24, 2.45) is 0 Å². The van der Waals surface area contributed by atoms with E-state index in [4.69, 9.17) is 0 Å². The van der Waals surface area contributed by atoms with Gasteiger partial charge >= 0.3 is 0 Å². The molecule has 1 aromatic rings. The summed E-state index contributed by atoms with van der Waals surface area (Å²) in [6.45, 7) is 10.6. The van der Waals surface area contributed by atoms with Gasteiger partial charge in [-0.1, -0.05) is 105 Å². The third-order valence-electron chi connectivity index (χ3n) is 6.33. The summed E-state index contributed by atoms with van der Waals surface area (Å²) in [5.74, 6) is -0.196. The largest absolute Gasteiger partial charge is 0.507 e. The van der Waals surface area contributed by atoms with Crippen LogP contribution in [0.4, 0.5) is 0 Å². The Kier molecular flexibility index (Phi) is 12.9. The van der Waals surface area contributed by atoms with E-state index < -0.39 is 15.9 Å². The molecule has 0 aliphatic heterocycles. The van der Waals surface area contributed by atoms with Crippen molar-refractivity contribution in [3.8, 4) is 5.75 Å². The number of benzene rings is 1. The van der Waals surface area contributed by atoms with E-state index in [0.717, 1.165) is 55.2 Å². The summed E-state index contributed by atoms with van der Waals surface area (Å²) in [6.07, 6.45) is 15.2. The Morgan fingerprint density at radius 1 is 0.750 bits per heavy atom. The zero-order chi connectivity index (χ0) is 24.2. The summed E-state index contributed by atoms with van der Waals surface area (Å²) in [7, 11) is -4.18. The minimum atomic E-state index is -4.18. The molecule has 0 saturated carbocycles. The molecule has 1 rings (SSSR count). The predicted octanol–water partition coefficient (Wildman–Crippen LogP) is 7.88. The van der Waals surface area contributed by atoms with Crippen LogP contribution >= 0.6 is 0 Å². The lowest BCUT2D eigenvalue weighted by Gasteiger charge is -2.26. The first-order valence-electron chi connectivity index (χ1n) is 12.8. The van der Waals surface area contributed by atoms with Gasteiger partial charge in [0.15, 0.2) is 0 Å². The monoisotopic (exact) mass is 468 g/mol. The average Bonchev–Trinajstić information content (AvgIpc) is 2.68. The minimum Gasteiger partial charge on any atom is -0.507 e. The molecule has 32 heavy (non-hydrogen) atoms. The zero-order valence-corrected chi connectivity index (χ0v) is 22.1. The van der Waals surface area contributed by atoms with E-state index in [1.54, 1.807) is 0 Å². The SMILES string of the molecule is CCCCCCCCc1cc(C(C)(C)C)c(O)c(CCCCCCCC)c1CS(=O)(=O)O. The van der Waals surface area contributed by atoms with Crippen LogP contribution in [0.15, 0.2) is 6.07 Å². The first-order valence-corrected chi connectivity index (χ1v) is 14.4. The molecule has 1 aromatic carbocycles. The van der Waals surface area contributed by atoms with E-state index in [2.05, 4.69) is 34.6 Å². The lowest BCUT2D eigenvalue weighted by molar-refractivity contribution is 0.436. The summed E-state index contributed by atoms with van der Waals surface area (Å²) in [5.41, 5.74) is 2.96. The van der Waals surface area contributed by atoms with E-state index in [-0.39, 0.29) is 11.2 Å². The zero-order valence-electron chi connectivity index (χ0n) is 21.3. The van der Waals surface area contributed by atoms with Crippen molar-refractivity contribution in [2.75, 3.05) is 0 Å². The normalized spacial score (nSPS) is 12.4. The number of aryl methyl sites for hydroxylation is 1. The second-order valence-corrected chi connectivity index (χ2v) is 11.9. The summed E-state index contributed by atoms with van der Waals surface area (Å²) in [4.78, 5) is 0. The molecule has 0 unspecified atom stereocenters. The van der Waals surface area contributed by atoms with E-state index in [0.29, 0.717) is 12.0 Å². The Labute approximate surface area is 198 Å². The number of hydrogen-bond acceptors (Lipinski definition) is 3. The van der Waals surface area contributed by atoms with Gasteiger partial charge in [0.1, 0.15) is 11.5 Å². The minimum absolute atomic E-state index is 0.219. The molecule has 5 heteroatoms. The van der Waals surface area contributed by atoms with Crippen LogP contribution in [-0.4, -0.2) is 18.1 Å². The summed E-state index contributed by atoms with van der Waals surface area (Å²) in [5, 5.41) is 11.2. The Morgan fingerprint density at radius 3 is 1.69 bits per heavy atom. The molecule has 0 fully saturated rings. The number of rotatable bonds is 16. The average molecular weight is 469 g/mol. The molecule has 0 aliphatic carbocycles. The van der Waals surface area contributed by atoms with Gasteiger partial charge in [-0.15, -0.1) is 0 Å². The van der Waals surface area contributed by atoms with E-state index in [1.165, 1.54) is 44.9 Å². The molecular formula is C27H48O4S. The van der Waals surface area contributed by atoms with Gasteiger partial charge in [0.2, 0.25) is 0 Å². The van der Waals surface area contributed by atoms with Crippen LogP contribution in [0.2, 0.25) is 0 Å². The van der Waals surface area contributed by atoms with Gasteiger partial charge in [0, 0.05) is 0 Å². The number of aromatic hydroxyl groups is 1. The maximum absolute atomic E-state index is 11.9. The lowest BCUT2D eigenvalue weighted by atomic mass is 9.81. The van der Waals surface area contributed by atoms with Crippen LogP contribution in [0.1, 0.15) is 134 Å². The highest BCUT2D eigenvalue weighted by atomic mass is 32.2. The maximum atomic E-state index is 11.9. The first-order chi connectivity index (χ1) is 15.0. The molecule has 2 N–H and O–H groups in total. The molecule has 0 radical (unpaired) electrons. The molecule has 0 amide bonds. The topological polar surface area (TPSA) is 74.6 Å². The smallest absolute Gasteiger partial charge is 0.269 e. The molecule has 4 nitrogen and oxygen atoms in total. The molecule has 0 bridgehead atoms. The van der Waals surface area contributed by atoms with Crippen molar-refractivity contribution < 1.29 is 18.1 Å². The van der Waals surface area contributed by atoms with Gasteiger partial charge in [0.05, 0.1) is 0 Å². The van der Waals surface area contributed by atoms with Gasteiger partial charge in [0.25, 0.3) is 10.1 Å². The van der Waals surface area contributed by atoms with Crippen LogP contribution in [0, 0.1) is 0 Å². The fraction of sp³-hybridized carbons (Fsp3) is 0.778. The number of unbranched alkanes of at least 4 members (excludes halogenated alkanes) is 10. The van der Waals surface area contributed by atoms with Gasteiger partial charge in [-0.3, -0.25) is 4.55 Å². The summed E-state index contributed by atoms with van der Waals surface area (Å²) < 4.78 is 33.4. The van der Waals surface area contributed by atoms with Crippen molar-refractivity contribution in [3.05, 3.63) is 28.3 Å². The Morgan fingerprint density at radius 2 is 1.22 bits per heavy atom. The molecule has 0 heterocycles. The van der Waals surface area contributed by atoms with Crippen LogP contribution in [-0.2, 0) is 34.1 Å². The predicted molar refractivity (Wildman–Crippen MR) is 136 cm³/mol. The molecule has 0 spiro atoms. The third kappa shape index (κ3) is 10.7. The van der Waals surface area contributed by atoms with Crippen molar-refractivity contribution in [1.29, 1.82) is 0 Å². The fourth-order valence-electron chi connectivity index (χ4n) is 4.43. The molecule has 0 atom stereocenters. The van der Waals surface area contributed by atoms with E-state index >= 15 is 0 Å². The van der Waals surface area contributed by atoms with Crippen LogP contribution in [0.3, 0.4) is 0 Å². The van der Waals surface area contributed by atoms with Crippen molar-refractivity contribution in [2.45, 2.75) is 136 Å². The number of phenols is 1. The second-order valence-electron chi connectivity index (χ2n) is 10.4. The highest BCUT2D eigenvalue weighted by Crippen LogP contribution is 2.39. The Bertz CT molecular complexity index is 776. The Hall–Kier alpha value is -1.07. The lowest BCUT2D eigenvalue weighted by Crippen LogP contribution is -2.16. The fourth-order valence-corrected chi connectivity index (χ4v) is 5.16. The van der Waals surface area contributed by atoms with Gasteiger partial charge in [-0.2, -0.15) is 8.42 Å². The van der Waals surface area contributed by atoms with Crippen LogP contribution in [0.25, 0.3) is 0 Å². The van der Waals surface area contributed by atoms with Gasteiger partial charge in [-0.25, -0.2) is 0 Å². The second kappa shape index (κ2) is 14.2. The van der Waals surface area contributed by atoms with Gasteiger partial charge < -0.3 is 5.11 Å². The molecule has 0 aromatic heterocycles. The highest BCUT2D eigenvalue weighted by Gasteiger charge is 2.26. The number of phenolic OH excluding ortho intramolecular Hbond substituents is 1. The summed E-state index contributed by atoms with van der Waals surface area (Å²) in [6, 6.07) is 1.99. The van der Waals surface area contributed by atoms with Crippen LogP contribution in [0.5, 0.6) is 5.75 Å². The quantitative estimate of drug-likeness (QED) is 0.191. The molecule has 186 valence electrons. The van der Waals surface area contributed by atoms with Crippen molar-refractivity contribution in [1.82, 2.24) is 0 Å². The molecular weight excluding hydrogens is 420 g/mol. The first kappa shape index (κ1) is 29.0. The van der Waals surface area contributed by atoms with Crippen molar-refractivity contribution in [3.63, 3.8) is 0 Å². The summed E-state index contributed by atoms with van der Waals surface area (Å²) >= 11 is 0. The molecule has 0 aliphatic rings. The third-order valence-corrected chi connectivity index (χ3v) is 6.98. The van der Waals surface area contributed by atoms with Gasteiger partial charge in [-0.05, 0) is 53.4 Å². The number of hydrogen-bond donors (Lipinski definition) is 2. The molecule has 0 saturated heterocycles. The van der Waals surface area contributed by atoms with E-state index in [9.17, 15) is 18.1 Å². The maximum Gasteiger partial charge on any atom is 0.269 e. The standard InChI is InChI=1S/C27H48O4S/c1-6-8-10-12-14-16-18-22-20-25(27(3,4)5)26(28)23(24(22)21-32(29,30)31)19-17-15-13-11-9-7-2/h20,28H,6-19,21H2,1-5H3,(H,29,30,31). The van der Waals surface area contributed by atoms with E-state index in [1.807, 2.05) is 6.07 Å².